The highest BCUT2D eigenvalue weighted by atomic mass is 14.3. The minimum absolute atomic E-state index is 1.03. The van der Waals surface area contributed by atoms with Crippen LogP contribution in [0.4, 0.5) is 0 Å². The summed E-state index contributed by atoms with van der Waals surface area (Å²) in [7, 11) is 2.45. The van der Waals surface area contributed by atoms with E-state index in [0.29, 0.717) is 0 Å². The molecule has 0 nitrogen and oxygen atoms in total. The molecule has 0 aliphatic heterocycles. The van der Waals surface area contributed by atoms with Gasteiger partial charge in [0.2, 0.25) is 0 Å². The van der Waals surface area contributed by atoms with Crippen molar-refractivity contribution in [2.24, 2.45) is 11.8 Å². The van der Waals surface area contributed by atoms with Gasteiger partial charge in [0, 0.05) is 0 Å². The number of rotatable bonds is 0. The largest absolute Gasteiger partial charge is 0.105 e. The Kier molecular flexibility index (Phi) is 2.24. The van der Waals surface area contributed by atoms with Gasteiger partial charge in [-0.3, -0.25) is 0 Å². The molecule has 3 rings (SSSR count). The fourth-order valence-electron chi connectivity index (χ4n) is 2.96. The van der Waals surface area contributed by atoms with Crippen LogP contribution in [0.3, 0.4) is 0 Å². The summed E-state index contributed by atoms with van der Waals surface area (Å²) < 4.78 is 0. The molecule has 2 bridgehead atoms. The predicted octanol–water partition coefficient (Wildman–Crippen LogP) is 2.40. The first-order chi connectivity index (χ1) is 5.34. The second-order valence-corrected chi connectivity index (χ2v) is 4.80. The Bertz CT molecular complexity index is 125. The van der Waals surface area contributed by atoms with Crippen LogP contribution in [-0.2, 0) is 0 Å². The van der Waals surface area contributed by atoms with Crippen molar-refractivity contribution < 1.29 is 0 Å². The van der Waals surface area contributed by atoms with Crippen LogP contribution in [0.1, 0.15) is 44.9 Å². The topological polar surface area (TPSA) is 0 Å². The van der Waals surface area contributed by atoms with Crippen LogP contribution in [0.2, 0.25) is 5.82 Å². The molecule has 0 radical (unpaired) electrons. The summed E-state index contributed by atoms with van der Waals surface area (Å²) >= 11 is 0. The quantitative estimate of drug-likeness (QED) is 0.465. The first-order valence-electron chi connectivity index (χ1n) is 5.34. The third kappa shape index (κ3) is 1.80. The molecule has 62 valence electrons. The van der Waals surface area contributed by atoms with Crippen LogP contribution < -0.4 is 0 Å². The monoisotopic (exact) mass is 150 g/mol. The van der Waals surface area contributed by atoms with Gasteiger partial charge >= 0.3 is 0 Å². The third-order valence-corrected chi connectivity index (χ3v) is 3.77. The summed E-state index contributed by atoms with van der Waals surface area (Å²) in [5, 5.41) is 0. The molecule has 3 fully saturated rings. The first kappa shape index (κ1) is 7.70. The maximum Gasteiger partial charge on any atom is 0.105 e. The average Bonchev–Trinajstić information content (AvgIpc) is 1.98. The van der Waals surface area contributed by atoms with Gasteiger partial charge in [-0.15, -0.1) is 0 Å². The van der Waals surface area contributed by atoms with Crippen LogP contribution in [-0.4, -0.2) is 7.85 Å². The molecule has 0 aromatic heterocycles. The fourth-order valence-corrected chi connectivity index (χ4v) is 2.96. The first-order valence-corrected chi connectivity index (χ1v) is 5.34. The molecule has 3 aliphatic rings. The third-order valence-electron chi connectivity index (χ3n) is 3.77. The van der Waals surface area contributed by atoms with E-state index in [2.05, 4.69) is 7.85 Å². The zero-order chi connectivity index (χ0) is 7.68. The minimum atomic E-state index is 1.03. The van der Waals surface area contributed by atoms with Crippen molar-refractivity contribution in [1.82, 2.24) is 0 Å². The molecular formula is C10H19B. The van der Waals surface area contributed by atoms with E-state index < -0.39 is 0 Å². The Labute approximate surface area is 71.2 Å². The van der Waals surface area contributed by atoms with E-state index in [9.17, 15) is 0 Å². The summed E-state index contributed by atoms with van der Waals surface area (Å²) in [5.41, 5.74) is 0. The molecule has 3 aliphatic carbocycles. The minimum Gasteiger partial charge on any atom is -0.0694 e. The molecule has 0 aromatic rings. The van der Waals surface area contributed by atoms with Crippen molar-refractivity contribution >= 4 is 7.85 Å². The lowest BCUT2D eigenvalue weighted by Gasteiger charge is -2.34. The molecule has 0 saturated heterocycles. The van der Waals surface area contributed by atoms with E-state index in [1.54, 1.807) is 25.7 Å². The maximum atomic E-state index is 2.45. The van der Waals surface area contributed by atoms with Gasteiger partial charge in [-0.1, -0.05) is 50.8 Å². The van der Waals surface area contributed by atoms with E-state index in [-0.39, 0.29) is 0 Å². The maximum absolute atomic E-state index is 2.45. The summed E-state index contributed by atoms with van der Waals surface area (Å²) in [4.78, 5) is 0. The van der Waals surface area contributed by atoms with Crippen molar-refractivity contribution in [1.29, 1.82) is 0 Å². The summed E-state index contributed by atoms with van der Waals surface area (Å²) in [6, 6.07) is 0. The van der Waals surface area contributed by atoms with Gasteiger partial charge in [0.15, 0.2) is 0 Å². The highest BCUT2D eigenvalue weighted by Crippen LogP contribution is 2.40. The normalized spacial score (nSPS) is 44.9. The van der Waals surface area contributed by atoms with Crippen molar-refractivity contribution in [2.75, 3.05) is 0 Å². The van der Waals surface area contributed by atoms with E-state index in [4.69, 9.17) is 0 Å². The molecule has 0 aromatic carbocycles. The van der Waals surface area contributed by atoms with E-state index in [1.807, 2.05) is 0 Å². The number of fused-ring (bicyclic) bond motifs is 5. The fraction of sp³-hybridized carbons (Fsp3) is 1.00. The average molecular weight is 150 g/mol. The standard InChI is InChI=1S/C10H19B/c11-10-6-5-8-1-3-9(7-10)4-2-8/h8-10H,1-7,11H2. The molecule has 3 saturated carbocycles. The molecule has 0 amide bonds. The lowest BCUT2D eigenvalue weighted by molar-refractivity contribution is 0.218. The Morgan fingerprint density at radius 2 is 1.27 bits per heavy atom. The van der Waals surface area contributed by atoms with Gasteiger partial charge in [0.25, 0.3) is 0 Å². The summed E-state index contributed by atoms with van der Waals surface area (Å²) in [6.45, 7) is 0. The molecule has 0 spiro atoms. The van der Waals surface area contributed by atoms with Crippen molar-refractivity contribution in [3.63, 3.8) is 0 Å². The van der Waals surface area contributed by atoms with Gasteiger partial charge in [-0.2, -0.15) is 0 Å². The molecule has 1 heteroatoms. The predicted molar refractivity (Wildman–Crippen MR) is 51.6 cm³/mol. The van der Waals surface area contributed by atoms with Crippen molar-refractivity contribution in [3.05, 3.63) is 0 Å². The van der Waals surface area contributed by atoms with Crippen LogP contribution in [0, 0.1) is 11.8 Å². The Hall–Kier alpha value is 0.0649. The summed E-state index contributed by atoms with van der Waals surface area (Å²) in [5.74, 6) is 3.26. The molecule has 1 atom stereocenters. The van der Waals surface area contributed by atoms with E-state index in [1.165, 1.54) is 19.3 Å². The molecule has 0 N–H and O–H groups in total. The number of hydrogen-bond donors (Lipinski definition) is 0. The van der Waals surface area contributed by atoms with Gasteiger partial charge in [0.1, 0.15) is 7.85 Å². The second kappa shape index (κ2) is 3.20. The zero-order valence-electron chi connectivity index (χ0n) is 7.68. The summed E-state index contributed by atoms with van der Waals surface area (Å²) in [6.07, 6.45) is 10.8. The zero-order valence-corrected chi connectivity index (χ0v) is 7.68. The van der Waals surface area contributed by atoms with Crippen LogP contribution in [0.5, 0.6) is 0 Å². The Balaban J connectivity index is 1.97. The molecular weight excluding hydrogens is 131 g/mol. The van der Waals surface area contributed by atoms with Crippen molar-refractivity contribution in [2.45, 2.75) is 50.8 Å². The van der Waals surface area contributed by atoms with Gasteiger partial charge in [-0.25, -0.2) is 0 Å². The van der Waals surface area contributed by atoms with E-state index in [0.717, 1.165) is 17.7 Å². The smallest absolute Gasteiger partial charge is 0.0694 e. The molecule has 0 heterocycles. The second-order valence-electron chi connectivity index (χ2n) is 4.80. The lowest BCUT2D eigenvalue weighted by Crippen LogP contribution is -2.20. The molecule has 1 unspecified atom stereocenters. The molecule has 11 heavy (non-hydrogen) atoms. The highest BCUT2D eigenvalue weighted by molar-refractivity contribution is 6.11. The lowest BCUT2D eigenvalue weighted by atomic mass is 9.66. The van der Waals surface area contributed by atoms with Gasteiger partial charge in [0.05, 0.1) is 0 Å². The number of hydrogen-bond acceptors (Lipinski definition) is 0. The van der Waals surface area contributed by atoms with E-state index >= 15 is 0 Å². The van der Waals surface area contributed by atoms with Crippen LogP contribution in [0.15, 0.2) is 0 Å². The Morgan fingerprint density at radius 3 is 2.00 bits per heavy atom. The SMILES string of the molecule is BC1CCC2CCC(CC2)C1. The van der Waals surface area contributed by atoms with Gasteiger partial charge < -0.3 is 0 Å². The Morgan fingerprint density at radius 1 is 0.727 bits per heavy atom. The highest BCUT2D eigenvalue weighted by Gasteiger charge is 2.25. The van der Waals surface area contributed by atoms with Crippen LogP contribution >= 0.6 is 0 Å². The van der Waals surface area contributed by atoms with Gasteiger partial charge in [-0.05, 0) is 11.8 Å². The van der Waals surface area contributed by atoms with Crippen molar-refractivity contribution in [3.8, 4) is 0 Å². The van der Waals surface area contributed by atoms with Crippen LogP contribution in [0.25, 0.3) is 0 Å².